The summed E-state index contributed by atoms with van der Waals surface area (Å²) in [6.45, 7) is 12.2. The van der Waals surface area contributed by atoms with E-state index in [1.54, 1.807) is 6.21 Å². The first-order valence-electron chi connectivity index (χ1n) is 5.97. The number of aryl methyl sites for hydroxylation is 2. The summed E-state index contributed by atoms with van der Waals surface area (Å²) >= 11 is 0. The minimum Gasteiger partial charge on any atom is -0.482 e. The van der Waals surface area contributed by atoms with Crippen molar-refractivity contribution in [2.24, 2.45) is 4.99 Å². The van der Waals surface area contributed by atoms with E-state index in [4.69, 9.17) is 0 Å². The molecule has 1 nitrogen and oxygen atoms in total. The summed E-state index contributed by atoms with van der Waals surface area (Å²) in [5, 5.41) is 0. The smallest absolute Gasteiger partial charge is 0.0181 e. The monoisotopic (exact) mass is 368 g/mol. The molecule has 18 heavy (non-hydrogen) atoms. The van der Waals surface area contributed by atoms with Crippen LogP contribution in [0.4, 0.5) is 0 Å². The van der Waals surface area contributed by atoms with Crippen molar-refractivity contribution in [3.63, 3.8) is 0 Å². The van der Waals surface area contributed by atoms with Crippen LogP contribution in [0.5, 0.6) is 0 Å². The molecule has 0 atom stereocenters. The molecule has 0 heterocycles. The molecule has 1 rings (SSSR count). The number of benzene rings is 1. The number of nitrogens with zero attached hydrogens (tertiary/aromatic N) is 1. The molecule has 0 aliphatic heterocycles. The van der Waals surface area contributed by atoms with E-state index < -0.39 is 0 Å². The molecule has 0 spiro atoms. The van der Waals surface area contributed by atoms with Gasteiger partial charge in [-0.05, 0) is 25.5 Å². The maximum absolute atomic E-state index is 4.06. The molecule has 1 aromatic rings. The zero-order chi connectivity index (χ0) is 13.1. The molecule has 0 unspecified atom stereocenters. The fourth-order valence-electron chi connectivity index (χ4n) is 1.44. The largest absolute Gasteiger partial charge is 0.482 e. The summed E-state index contributed by atoms with van der Waals surface area (Å²) in [5.41, 5.74) is 3.78. The van der Waals surface area contributed by atoms with Gasteiger partial charge in [-0.3, -0.25) is 6.58 Å². The van der Waals surface area contributed by atoms with E-state index in [-0.39, 0.29) is 41.7 Å². The van der Waals surface area contributed by atoms with Gasteiger partial charge in [-0.25, -0.2) is 0 Å². The van der Waals surface area contributed by atoms with Crippen molar-refractivity contribution in [2.75, 3.05) is 6.54 Å². The summed E-state index contributed by atoms with van der Waals surface area (Å²) in [6, 6.07) is 6.46. The number of rotatable bonds is 4. The van der Waals surface area contributed by atoms with E-state index >= 15 is 0 Å². The van der Waals surface area contributed by atoms with Crippen LogP contribution in [0.2, 0.25) is 0 Å². The van der Waals surface area contributed by atoms with Gasteiger partial charge < -0.3 is 11.1 Å². The van der Waals surface area contributed by atoms with E-state index in [9.17, 15) is 0 Å². The predicted molar refractivity (Wildman–Crippen MR) is 78.5 cm³/mol. The quantitative estimate of drug-likeness (QED) is 0.552. The van der Waals surface area contributed by atoms with Gasteiger partial charge in [0.1, 0.15) is 0 Å². The van der Waals surface area contributed by atoms with Gasteiger partial charge in [-0.1, -0.05) is 55.8 Å². The Labute approximate surface area is 145 Å². The van der Waals surface area contributed by atoms with Crippen molar-refractivity contribution in [3.8, 4) is 0 Å². The molecule has 0 saturated carbocycles. The normalized spacial score (nSPS) is 9.78. The molecular weight excluding hydrogens is 346 g/mol. The van der Waals surface area contributed by atoms with Crippen LogP contribution >= 0.6 is 0 Å². The maximum Gasteiger partial charge on any atom is 0.0181 e. The molecule has 0 aliphatic carbocycles. The van der Waals surface area contributed by atoms with Gasteiger partial charge in [0.25, 0.3) is 0 Å². The van der Waals surface area contributed by atoms with Crippen molar-refractivity contribution < 1.29 is 41.7 Å². The van der Waals surface area contributed by atoms with Crippen LogP contribution in [-0.2, 0) is 0 Å². The van der Waals surface area contributed by atoms with Crippen LogP contribution in [0.15, 0.2) is 35.8 Å². The predicted octanol–water partition coefficient (Wildman–Crippen LogP) is 4.40. The molecule has 0 bridgehead atoms. The van der Waals surface area contributed by atoms with E-state index in [1.807, 2.05) is 26.0 Å². The molecule has 0 aliphatic rings. The van der Waals surface area contributed by atoms with E-state index in [1.165, 1.54) is 16.7 Å². The zero-order valence-electron chi connectivity index (χ0n) is 11.8. The molecule has 0 saturated heterocycles. The van der Waals surface area contributed by atoms with Crippen LogP contribution in [0.3, 0.4) is 0 Å². The molecule has 0 aromatic heterocycles. The average molecular weight is 368 g/mol. The first kappa shape index (κ1) is 20.1. The van der Waals surface area contributed by atoms with Crippen molar-refractivity contribution in [3.05, 3.63) is 53.6 Å². The molecule has 0 N–H and O–H groups in total. The molecule has 1 aromatic carbocycles. The Morgan fingerprint density at radius 2 is 1.72 bits per heavy atom. The summed E-state index contributed by atoms with van der Waals surface area (Å²) < 4.78 is 0. The molecular formula is C16H22CeN-. The first-order chi connectivity index (χ1) is 8.22. The maximum atomic E-state index is 4.06. The van der Waals surface area contributed by atoms with Gasteiger partial charge in [-0.15, -0.1) is 0 Å². The van der Waals surface area contributed by atoms with Crippen molar-refractivity contribution >= 4 is 12.3 Å². The molecule has 0 amide bonds. The Bertz CT molecular complexity index is 372. The van der Waals surface area contributed by atoms with Crippen molar-refractivity contribution in [1.82, 2.24) is 0 Å². The fraction of sp³-hybridized carbons (Fsp3) is 0.312. The van der Waals surface area contributed by atoms with Gasteiger partial charge in [0, 0.05) is 48.0 Å². The number of aliphatic imine (C=N–C) groups is 1. The van der Waals surface area contributed by atoms with E-state index in [0.29, 0.717) is 6.54 Å². The van der Waals surface area contributed by atoms with Crippen molar-refractivity contribution in [1.29, 1.82) is 0 Å². The number of allylic oxidation sites excluding steroid dienone is 1. The molecule has 0 fully saturated rings. The standard InChI is InChI=1S/C14H16N.C2H6.Ce/c1-4-7-15-8-5-6-14-10-12(2)9-13(3)11-14;1-2;/h5-6,8-11H,1,7H2,2-3H3;1-2H3;/q-1;;/b6-5+,15-8?;;. The SMILES string of the molecule is C=[C-]CN=C/C=C/c1cc(C)cc(C)c1.CC.[Ce]. The van der Waals surface area contributed by atoms with Gasteiger partial charge in [0.2, 0.25) is 0 Å². The van der Waals surface area contributed by atoms with Crippen LogP contribution in [0.1, 0.15) is 30.5 Å². The summed E-state index contributed by atoms with van der Waals surface area (Å²) in [7, 11) is 0. The first-order valence-corrected chi connectivity index (χ1v) is 5.97. The third kappa shape index (κ3) is 9.74. The third-order valence-electron chi connectivity index (χ3n) is 1.93. The Morgan fingerprint density at radius 3 is 2.22 bits per heavy atom. The Morgan fingerprint density at radius 1 is 1.17 bits per heavy atom. The molecule has 0 radical (unpaired) electrons. The molecule has 96 valence electrons. The second-order valence-electron chi connectivity index (χ2n) is 3.52. The Balaban J connectivity index is 0. The van der Waals surface area contributed by atoms with Gasteiger partial charge in [-0.2, -0.15) is 0 Å². The van der Waals surface area contributed by atoms with Crippen LogP contribution in [0.25, 0.3) is 6.08 Å². The number of hydrogen-bond acceptors (Lipinski definition) is 1. The number of hydrogen-bond donors (Lipinski definition) is 0. The third-order valence-corrected chi connectivity index (χ3v) is 1.93. The topological polar surface area (TPSA) is 12.4 Å². The second kappa shape index (κ2) is 13.2. The summed E-state index contributed by atoms with van der Waals surface area (Å²) in [6.07, 6.45) is 8.46. The van der Waals surface area contributed by atoms with Crippen molar-refractivity contribution in [2.45, 2.75) is 27.7 Å². The minimum absolute atomic E-state index is 0. The second-order valence-corrected chi connectivity index (χ2v) is 3.52. The van der Waals surface area contributed by atoms with Crippen LogP contribution in [-0.4, -0.2) is 12.8 Å². The summed E-state index contributed by atoms with van der Waals surface area (Å²) in [5.74, 6) is 0. The van der Waals surface area contributed by atoms with Gasteiger partial charge in [0.05, 0.1) is 0 Å². The van der Waals surface area contributed by atoms with Gasteiger partial charge in [0.15, 0.2) is 0 Å². The Hall–Kier alpha value is -0.253. The van der Waals surface area contributed by atoms with E-state index in [2.05, 4.69) is 49.7 Å². The average Bonchev–Trinajstić information content (AvgIpc) is 2.30. The zero-order valence-corrected chi connectivity index (χ0v) is 15.0. The molecule has 2 heteroatoms. The Kier molecular flexibility index (Phi) is 14.7. The van der Waals surface area contributed by atoms with Crippen LogP contribution < -0.4 is 0 Å². The van der Waals surface area contributed by atoms with Crippen LogP contribution in [0, 0.1) is 61.7 Å². The summed E-state index contributed by atoms with van der Waals surface area (Å²) in [4.78, 5) is 4.06. The minimum atomic E-state index is 0. The fourth-order valence-corrected chi connectivity index (χ4v) is 1.44. The van der Waals surface area contributed by atoms with Gasteiger partial charge >= 0.3 is 0 Å². The van der Waals surface area contributed by atoms with E-state index in [0.717, 1.165) is 0 Å².